The van der Waals surface area contributed by atoms with E-state index in [1.165, 1.54) is 24.2 Å². The second-order valence-corrected chi connectivity index (χ2v) is 6.36. The zero-order chi connectivity index (χ0) is 12.3. The molecule has 1 amide bonds. The molecule has 0 radical (unpaired) electrons. The Labute approximate surface area is 114 Å². The van der Waals surface area contributed by atoms with Crippen molar-refractivity contribution in [2.24, 2.45) is 0 Å². The van der Waals surface area contributed by atoms with Crippen molar-refractivity contribution in [2.45, 2.75) is 25.3 Å². The Morgan fingerprint density at radius 1 is 1.59 bits per heavy atom. The number of thiophene rings is 1. The standard InChI is InChI=1S/C11H14Cl2N2OS/c12-9-6-8(10(13)17-9)11(16)15-5-3-7-2-1-4-14-7/h6-7,14H,1-5H2,(H,15,16). The molecule has 1 aliphatic rings. The maximum atomic E-state index is 11.8. The van der Waals surface area contributed by atoms with Gasteiger partial charge in [0.05, 0.1) is 9.90 Å². The van der Waals surface area contributed by atoms with Crippen LogP contribution in [0.2, 0.25) is 8.67 Å². The van der Waals surface area contributed by atoms with Gasteiger partial charge in [0, 0.05) is 12.6 Å². The van der Waals surface area contributed by atoms with E-state index in [1.54, 1.807) is 6.07 Å². The van der Waals surface area contributed by atoms with Gasteiger partial charge in [-0.1, -0.05) is 23.2 Å². The van der Waals surface area contributed by atoms with Crippen molar-refractivity contribution in [1.29, 1.82) is 0 Å². The molecule has 1 fully saturated rings. The first kappa shape index (κ1) is 13.1. The summed E-state index contributed by atoms with van der Waals surface area (Å²) in [6.45, 7) is 1.75. The SMILES string of the molecule is O=C(NCCC1CCCN1)c1cc(Cl)sc1Cl. The first-order valence-electron chi connectivity index (χ1n) is 5.63. The number of carbonyl (C=O) groups is 1. The number of carbonyl (C=O) groups excluding carboxylic acids is 1. The molecule has 2 rings (SSSR count). The van der Waals surface area contributed by atoms with Crippen molar-refractivity contribution in [3.8, 4) is 0 Å². The maximum Gasteiger partial charge on any atom is 0.253 e. The molecule has 0 aromatic carbocycles. The Balaban J connectivity index is 1.78. The first-order valence-corrected chi connectivity index (χ1v) is 7.20. The summed E-state index contributed by atoms with van der Waals surface area (Å²) in [5, 5.41) is 6.25. The van der Waals surface area contributed by atoms with Gasteiger partial charge in [-0.05, 0) is 31.9 Å². The van der Waals surface area contributed by atoms with Gasteiger partial charge in [0.2, 0.25) is 0 Å². The Kier molecular flexibility index (Phi) is 4.68. The molecule has 1 aromatic heterocycles. The molecular formula is C11H14Cl2N2OS. The van der Waals surface area contributed by atoms with E-state index < -0.39 is 0 Å². The Bertz CT molecular complexity index is 402. The fourth-order valence-corrected chi connectivity index (χ4v) is 3.41. The summed E-state index contributed by atoms with van der Waals surface area (Å²) in [4.78, 5) is 11.8. The van der Waals surface area contributed by atoms with Crippen LogP contribution in [0.3, 0.4) is 0 Å². The van der Waals surface area contributed by atoms with Crippen LogP contribution in [0.15, 0.2) is 6.07 Å². The van der Waals surface area contributed by atoms with Gasteiger partial charge in [0.25, 0.3) is 5.91 Å². The molecule has 1 atom stereocenters. The summed E-state index contributed by atoms with van der Waals surface area (Å²) in [5.41, 5.74) is 0.473. The smallest absolute Gasteiger partial charge is 0.253 e. The van der Waals surface area contributed by atoms with Gasteiger partial charge in [0.15, 0.2) is 0 Å². The largest absolute Gasteiger partial charge is 0.352 e. The molecule has 3 nitrogen and oxygen atoms in total. The zero-order valence-corrected chi connectivity index (χ0v) is 11.6. The molecule has 17 heavy (non-hydrogen) atoms. The molecule has 0 bridgehead atoms. The van der Waals surface area contributed by atoms with Crippen LogP contribution in [-0.2, 0) is 0 Å². The van der Waals surface area contributed by atoms with Gasteiger partial charge in [0.1, 0.15) is 4.34 Å². The second kappa shape index (κ2) is 6.05. The van der Waals surface area contributed by atoms with E-state index in [2.05, 4.69) is 10.6 Å². The van der Waals surface area contributed by atoms with Crippen LogP contribution >= 0.6 is 34.5 Å². The molecule has 0 saturated carbocycles. The van der Waals surface area contributed by atoms with Gasteiger partial charge < -0.3 is 10.6 Å². The number of hydrogen-bond donors (Lipinski definition) is 2. The fraction of sp³-hybridized carbons (Fsp3) is 0.545. The summed E-state index contributed by atoms with van der Waals surface area (Å²) in [7, 11) is 0. The predicted molar refractivity (Wildman–Crippen MR) is 72.3 cm³/mol. The van der Waals surface area contributed by atoms with Crippen molar-refractivity contribution in [3.63, 3.8) is 0 Å². The number of halogens is 2. The minimum absolute atomic E-state index is 0.142. The molecule has 0 aliphatic carbocycles. The van der Waals surface area contributed by atoms with Crippen LogP contribution in [0, 0.1) is 0 Å². The van der Waals surface area contributed by atoms with E-state index >= 15 is 0 Å². The summed E-state index contributed by atoms with van der Waals surface area (Å²) in [5.74, 6) is -0.142. The average molecular weight is 293 g/mol. The Morgan fingerprint density at radius 2 is 2.41 bits per heavy atom. The maximum absolute atomic E-state index is 11.8. The highest BCUT2D eigenvalue weighted by Gasteiger charge is 2.16. The van der Waals surface area contributed by atoms with Crippen LogP contribution < -0.4 is 10.6 Å². The third-order valence-electron chi connectivity index (χ3n) is 2.84. The second-order valence-electron chi connectivity index (χ2n) is 4.08. The van der Waals surface area contributed by atoms with E-state index in [1.807, 2.05) is 0 Å². The third-order valence-corrected chi connectivity index (χ3v) is 4.33. The Morgan fingerprint density at radius 3 is 3.00 bits per heavy atom. The summed E-state index contributed by atoms with van der Waals surface area (Å²) in [6.07, 6.45) is 3.38. The lowest BCUT2D eigenvalue weighted by Crippen LogP contribution is -2.30. The van der Waals surface area contributed by atoms with Gasteiger partial charge in [-0.15, -0.1) is 11.3 Å². The molecule has 94 valence electrons. The highest BCUT2D eigenvalue weighted by atomic mass is 35.5. The third kappa shape index (κ3) is 3.58. The topological polar surface area (TPSA) is 41.1 Å². The van der Waals surface area contributed by atoms with Gasteiger partial charge >= 0.3 is 0 Å². The van der Waals surface area contributed by atoms with E-state index in [9.17, 15) is 4.79 Å². The average Bonchev–Trinajstić information content (AvgIpc) is 2.88. The number of amides is 1. The summed E-state index contributed by atoms with van der Waals surface area (Å²) >= 11 is 12.9. The number of nitrogens with one attached hydrogen (secondary N) is 2. The van der Waals surface area contributed by atoms with Crippen LogP contribution in [0.4, 0.5) is 0 Å². The van der Waals surface area contributed by atoms with Gasteiger partial charge in [-0.2, -0.15) is 0 Å². The molecule has 2 N–H and O–H groups in total. The molecule has 1 aromatic rings. The first-order chi connectivity index (χ1) is 8.16. The minimum Gasteiger partial charge on any atom is -0.352 e. The summed E-state index contributed by atoms with van der Waals surface area (Å²) in [6, 6.07) is 2.15. The van der Waals surface area contributed by atoms with Crippen LogP contribution in [0.5, 0.6) is 0 Å². The monoisotopic (exact) mass is 292 g/mol. The fourth-order valence-electron chi connectivity index (χ4n) is 1.95. The highest BCUT2D eigenvalue weighted by Crippen LogP contribution is 2.30. The molecular weight excluding hydrogens is 279 g/mol. The molecule has 0 spiro atoms. The zero-order valence-electron chi connectivity index (χ0n) is 9.26. The van der Waals surface area contributed by atoms with Gasteiger partial charge in [-0.25, -0.2) is 0 Å². The lowest BCUT2D eigenvalue weighted by molar-refractivity contribution is 0.0953. The molecule has 6 heteroatoms. The lowest BCUT2D eigenvalue weighted by Gasteiger charge is -2.10. The van der Waals surface area contributed by atoms with Crippen molar-refractivity contribution >= 4 is 40.4 Å². The highest BCUT2D eigenvalue weighted by molar-refractivity contribution is 7.20. The van der Waals surface area contributed by atoms with Crippen molar-refractivity contribution in [2.75, 3.05) is 13.1 Å². The van der Waals surface area contributed by atoms with E-state index in [0.717, 1.165) is 13.0 Å². The predicted octanol–water partition coefficient (Wildman–Crippen LogP) is 2.93. The van der Waals surface area contributed by atoms with Crippen molar-refractivity contribution < 1.29 is 4.79 Å². The van der Waals surface area contributed by atoms with Crippen LogP contribution in [-0.4, -0.2) is 25.0 Å². The molecule has 1 aliphatic heterocycles. The van der Waals surface area contributed by atoms with E-state index in [4.69, 9.17) is 23.2 Å². The molecule has 1 unspecified atom stereocenters. The lowest BCUT2D eigenvalue weighted by atomic mass is 10.1. The quantitative estimate of drug-likeness (QED) is 0.896. The Hall–Kier alpha value is -0.290. The normalized spacial score (nSPS) is 19.5. The van der Waals surface area contributed by atoms with Crippen molar-refractivity contribution in [1.82, 2.24) is 10.6 Å². The molecule has 1 saturated heterocycles. The van der Waals surface area contributed by atoms with Crippen LogP contribution in [0.25, 0.3) is 0 Å². The van der Waals surface area contributed by atoms with E-state index in [0.29, 0.717) is 26.8 Å². The number of hydrogen-bond acceptors (Lipinski definition) is 3. The molecule has 2 heterocycles. The van der Waals surface area contributed by atoms with Crippen molar-refractivity contribution in [3.05, 3.63) is 20.3 Å². The minimum atomic E-state index is -0.142. The summed E-state index contributed by atoms with van der Waals surface area (Å²) < 4.78 is 0.990. The van der Waals surface area contributed by atoms with Crippen LogP contribution in [0.1, 0.15) is 29.6 Å². The number of rotatable bonds is 4. The van der Waals surface area contributed by atoms with E-state index in [-0.39, 0.29) is 5.91 Å². The van der Waals surface area contributed by atoms with Gasteiger partial charge in [-0.3, -0.25) is 4.79 Å².